The Kier molecular flexibility index (Phi) is 5.56. The van der Waals surface area contributed by atoms with E-state index in [1.807, 2.05) is 0 Å². The Balaban J connectivity index is 1.63. The van der Waals surface area contributed by atoms with E-state index in [0.29, 0.717) is 41.3 Å². The maximum Gasteiger partial charge on any atom is 0.338 e. The Morgan fingerprint density at radius 2 is 1.80 bits per heavy atom. The fraction of sp³-hybridized carbons (Fsp3) is 0.318. The van der Waals surface area contributed by atoms with E-state index in [4.69, 9.17) is 14.2 Å². The van der Waals surface area contributed by atoms with Crippen LogP contribution in [0.3, 0.4) is 0 Å². The van der Waals surface area contributed by atoms with Gasteiger partial charge in [0, 0.05) is 24.2 Å². The average Bonchev–Trinajstić information content (AvgIpc) is 3.40. The summed E-state index contributed by atoms with van der Waals surface area (Å²) in [6.07, 6.45) is 1.25. The van der Waals surface area contributed by atoms with E-state index in [0.717, 1.165) is 6.42 Å². The van der Waals surface area contributed by atoms with E-state index in [1.54, 1.807) is 54.3 Å². The first kappa shape index (κ1) is 19.8. The number of fused-ring (bicyclic) bond motifs is 1. The van der Waals surface area contributed by atoms with Crippen molar-refractivity contribution in [3.63, 3.8) is 0 Å². The molecule has 156 valence electrons. The van der Waals surface area contributed by atoms with Gasteiger partial charge < -0.3 is 19.1 Å². The molecule has 2 aliphatic heterocycles. The number of esters is 1. The zero-order valence-electron chi connectivity index (χ0n) is 16.6. The van der Waals surface area contributed by atoms with Gasteiger partial charge in [-0.25, -0.2) is 4.79 Å². The topological polar surface area (TPSA) is 85.4 Å². The molecule has 2 amide bonds. The van der Waals surface area contributed by atoms with Crippen molar-refractivity contribution < 1.29 is 28.6 Å². The van der Waals surface area contributed by atoms with Crippen molar-refractivity contribution in [2.75, 3.05) is 31.5 Å². The predicted octanol–water partition coefficient (Wildman–Crippen LogP) is 2.82. The van der Waals surface area contributed by atoms with E-state index in [9.17, 15) is 14.4 Å². The summed E-state index contributed by atoms with van der Waals surface area (Å²) in [5, 5.41) is 0. The summed E-state index contributed by atoms with van der Waals surface area (Å²) < 4.78 is 15.7. The van der Waals surface area contributed by atoms with Crippen LogP contribution in [0.2, 0.25) is 0 Å². The van der Waals surface area contributed by atoms with Gasteiger partial charge in [0.2, 0.25) is 12.7 Å². The van der Waals surface area contributed by atoms with Gasteiger partial charge in [0.1, 0.15) is 6.67 Å². The highest BCUT2D eigenvalue weighted by Crippen LogP contribution is 2.33. The molecule has 1 fully saturated rings. The highest BCUT2D eigenvalue weighted by Gasteiger charge is 2.27. The Labute approximate surface area is 173 Å². The Bertz CT molecular complexity index is 972. The maximum absolute atomic E-state index is 13.4. The molecule has 0 spiro atoms. The first-order valence-corrected chi connectivity index (χ1v) is 9.83. The minimum absolute atomic E-state index is 0.0154. The third kappa shape index (κ3) is 3.94. The average molecular weight is 410 g/mol. The molecular formula is C22H22N2O6. The number of carbonyl (C=O) groups excluding carboxylic acids is 3. The Morgan fingerprint density at radius 3 is 2.50 bits per heavy atom. The highest BCUT2D eigenvalue weighted by atomic mass is 16.7. The van der Waals surface area contributed by atoms with Crippen molar-refractivity contribution >= 4 is 23.5 Å². The molecule has 8 nitrogen and oxygen atoms in total. The lowest BCUT2D eigenvalue weighted by molar-refractivity contribution is -0.127. The second-order valence-corrected chi connectivity index (χ2v) is 6.97. The number of ether oxygens (including phenoxy) is 3. The first-order chi connectivity index (χ1) is 14.6. The molecule has 0 bridgehead atoms. The fourth-order valence-corrected chi connectivity index (χ4v) is 3.46. The molecule has 2 aliphatic rings. The normalized spacial score (nSPS) is 14.7. The van der Waals surface area contributed by atoms with E-state index in [-0.39, 0.29) is 31.9 Å². The van der Waals surface area contributed by atoms with Gasteiger partial charge in [-0.15, -0.1) is 0 Å². The quantitative estimate of drug-likeness (QED) is 0.681. The van der Waals surface area contributed by atoms with Crippen LogP contribution in [-0.2, 0) is 9.53 Å². The molecular weight excluding hydrogens is 388 g/mol. The summed E-state index contributed by atoms with van der Waals surface area (Å²) in [5.74, 6) is 0.410. The molecule has 0 atom stereocenters. The lowest BCUT2D eigenvalue weighted by Crippen LogP contribution is -2.42. The summed E-state index contributed by atoms with van der Waals surface area (Å²) in [5.41, 5.74) is 1.39. The van der Waals surface area contributed by atoms with Crippen molar-refractivity contribution in [1.29, 1.82) is 0 Å². The van der Waals surface area contributed by atoms with Gasteiger partial charge in [-0.05, 0) is 55.8 Å². The molecule has 2 aromatic carbocycles. The second kappa shape index (κ2) is 8.44. The van der Waals surface area contributed by atoms with Crippen molar-refractivity contribution in [3.8, 4) is 11.5 Å². The van der Waals surface area contributed by atoms with E-state index in [2.05, 4.69) is 0 Å². The Morgan fingerprint density at radius 1 is 1.07 bits per heavy atom. The number of hydrogen-bond donors (Lipinski definition) is 0. The van der Waals surface area contributed by atoms with Crippen LogP contribution in [-0.4, -0.2) is 49.3 Å². The first-order valence-electron chi connectivity index (χ1n) is 9.83. The van der Waals surface area contributed by atoms with E-state index < -0.39 is 5.97 Å². The summed E-state index contributed by atoms with van der Waals surface area (Å²) in [6, 6.07) is 11.6. The minimum Gasteiger partial charge on any atom is -0.462 e. The molecule has 0 aliphatic carbocycles. The third-order valence-corrected chi connectivity index (χ3v) is 5.04. The fourth-order valence-electron chi connectivity index (χ4n) is 3.46. The standard InChI is InChI=1S/C22H22N2O6/c1-2-28-22(27)15-5-8-17(9-6-15)24(13-23-11-3-4-20(23)25)21(26)16-7-10-18-19(12-16)30-14-29-18/h5-10,12H,2-4,11,13-14H2,1H3. The molecule has 0 saturated carbocycles. The van der Waals surface area contributed by atoms with E-state index >= 15 is 0 Å². The molecule has 4 rings (SSSR count). The van der Waals surface area contributed by atoms with Crippen LogP contribution < -0.4 is 14.4 Å². The van der Waals surface area contributed by atoms with E-state index in [1.165, 1.54) is 4.90 Å². The molecule has 30 heavy (non-hydrogen) atoms. The summed E-state index contributed by atoms with van der Waals surface area (Å²) in [4.78, 5) is 40.6. The summed E-state index contributed by atoms with van der Waals surface area (Å²) in [6.45, 7) is 2.88. The van der Waals surface area contributed by atoms with Crippen molar-refractivity contribution in [1.82, 2.24) is 4.90 Å². The smallest absolute Gasteiger partial charge is 0.338 e. The molecule has 8 heteroatoms. The van der Waals surface area contributed by atoms with Gasteiger partial charge in [-0.3, -0.25) is 14.5 Å². The summed E-state index contributed by atoms with van der Waals surface area (Å²) in [7, 11) is 0. The van der Waals surface area contributed by atoms with Gasteiger partial charge in [0.15, 0.2) is 11.5 Å². The third-order valence-electron chi connectivity index (χ3n) is 5.04. The van der Waals surface area contributed by atoms with Crippen LogP contribution in [0.1, 0.15) is 40.5 Å². The van der Waals surface area contributed by atoms with Crippen LogP contribution in [0.25, 0.3) is 0 Å². The summed E-state index contributed by atoms with van der Waals surface area (Å²) >= 11 is 0. The second-order valence-electron chi connectivity index (χ2n) is 6.97. The van der Waals surface area contributed by atoms with Crippen LogP contribution >= 0.6 is 0 Å². The number of benzene rings is 2. The number of hydrogen-bond acceptors (Lipinski definition) is 6. The van der Waals surface area contributed by atoms with Gasteiger partial charge in [0.05, 0.1) is 12.2 Å². The number of likely N-dealkylation sites (tertiary alicyclic amines) is 1. The molecule has 0 unspecified atom stereocenters. The SMILES string of the molecule is CCOC(=O)c1ccc(N(CN2CCCC2=O)C(=O)c2ccc3c(c2)OCO3)cc1. The zero-order chi connectivity index (χ0) is 21.1. The monoisotopic (exact) mass is 410 g/mol. The lowest BCUT2D eigenvalue weighted by atomic mass is 10.1. The predicted molar refractivity (Wildman–Crippen MR) is 108 cm³/mol. The number of anilines is 1. The molecule has 2 heterocycles. The largest absolute Gasteiger partial charge is 0.462 e. The molecule has 0 aromatic heterocycles. The molecule has 1 saturated heterocycles. The van der Waals surface area contributed by atoms with Gasteiger partial charge in [-0.2, -0.15) is 0 Å². The number of nitrogens with zero attached hydrogens (tertiary/aromatic N) is 2. The van der Waals surface area contributed by atoms with Crippen LogP contribution in [0.15, 0.2) is 42.5 Å². The van der Waals surface area contributed by atoms with Gasteiger partial charge >= 0.3 is 5.97 Å². The van der Waals surface area contributed by atoms with Crippen LogP contribution in [0.5, 0.6) is 11.5 Å². The number of rotatable bonds is 6. The molecule has 0 radical (unpaired) electrons. The highest BCUT2D eigenvalue weighted by molar-refractivity contribution is 6.07. The van der Waals surface area contributed by atoms with Crippen LogP contribution in [0.4, 0.5) is 5.69 Å². The van der Waals surface area contributed by atoms with Crippen molar-refractivity contribution in [2.45, 2.75) is 19.8 Å². The molecule has 2 aromatic rings. The molecule has 0 N–H and O–H groups in total. The van der Waals surface area contributed by atoms with Crippen LogP contribution in [0, 0.1) is 0 Å². The van der Waals surface area contributed by atoms with Gasteiger partial charge in [-0.1, -0.05) is 0 Å². The number of amides is 2. The van der Waals surface area contributed by atoms with Crippen molar-refractivity contribution in [2.24, 2.45) is 0 Å². The minimum atomic E-state index is -0.424. The van der Waals surface area contributed by atoms with Gasteiger partial charge in [0.25, 0.3) is 5.91 Å². The van der Waals surface area contributed by atoms with Crippen molar-refractivity contribution in [3.05, 3.63) is 53.6 Å². The Hall–Kier alpha value is -3.55. The lowest BCUT2D eigenvalue weighted by Gasteiger charge is -2.28. The maximum atomic E-state index is 13.4. The zero-order valence-corrected chi connectivity index (χ0v) is 16.6. The number of carbonyl (C=O) groups is 3.